The number of ether oxygens (including phenoxy) is 1. The molecule has 29 heavy (non-hydrogen) atoms. The van der Waals surface area contributed by atoms with Gasteiger partial charge in [0.2, 0.25) is 0 Å². The van der Waals surface area contributed by atoms with Gasteiger partial charge in [0.05, 0.1) is 7.11 Å². The van der Waals surface area contributed by atoms with E-state index in [4.69, 9.17) is 4.74 Å². The Hall–Kier alpha value is -3.49. The highest BCUT2D eigenvalue weighted by Crippen LogP contribution is 2.28. The molecule has 0 unspecified atom stereocenters. The van der Waals surface area contributed by atoms with E-state index in [0.717, 1.165) is 15.4 Å². The number of benzene rings is 3. The van der Waals surface area contributed by atoms with Gasteiger partial charge in [-0.15, -0.1) is 0 Å². The van der Waals surface area contributed by atoms with Gasteiger partial charge in [-0.1, -0.05) is 41.6 Å². The van der Waals surface area contributed by atoms with Crippen LogP contribution < -0.4 is 10.1 Å². The second-order valence-electron chi connectivity index (χ2n) is 6.34. The number of carbonyl (C=O) groups is 1. The summed E-state index contributed by atoms with van der Waals surface area (Å²) in [5, 5.41) is 12.1. The Morgan fingerprint density at radius 3 is 2.10 bits per heavy atom. The summed E-state index contributed by atoms with van der Waals surface area (Å²) in [5.41, 5.74) is 2.66. The van der Waals surface area contributed by atoms with Crippen molar-refractivity contribution in [1.29, 1.82) is 5.26 Å². The standard InChI is InChI=1S/C24H20N2O2S/c1-17-3-11-22(12-4-17)29-23-13-5-18(6-14-23)15-19(16-25)24(27)26-20-7-9-21(28-2)10-8-20/h3-15H,1-2H3,(H,26,27)/b19-15-. The first-order valence-corrected chi connectivity index (χ1v) is 9.81. The fourth-order valence-corrected chi connectivity index (χ4v) is 3.38. The minimum atomic E-state index is -0.448. The molecule has 0 aliphatic rings. The Bertz CT molecular complexity index is 1050. The molecule has 4 nitrogen and oxygen atoms in total. The van der Waals surface area contributed by atoms with Crippen molar-refractivity contribution >= 4 is 29.4 Å². The van der Waals surface area contributed by atoms with E-state index in [9.17, 15) is 10.1 Å². The maximum atomic E-state index is 12.4. The van der Waals surface area contributed by atoms with Crippen LogP contribution in [0.4, 0.5) is 5.69 Å². The van der Waals surface area contributed by atoms with Crippen molar-refractivity contribution in [3.05, 3.63) is 89.5 Å². The van der Waals surface area contributed by atoms with Crippen LogP contribution in [-0.4, -0.2) is 13.0 Å². The zero-order chi connectivity index (χ0) is 20.6. The average Bonchev–Trinajstić information content (AvgIpc) is 2.75. The van der Waals surface area contributed by atoms with Gasteiger partial charge in [-0.25, -0.2) is 0 Å². The predicted molar refractivity (Wildman–Crippen MR) is 117 cm³/mol. The largest absolute Gasteiger partial charge is 0.497 e. The van der Waals surface area contributed by atoms with E-state index < -0.39 is 5.91 Å². The van der Waals surface area contributed by atoms with Gasteiger partial charge in [0.25, 0.3) is 5.91 Å². The second-order valence-corrected chi connectivity index (χ2v) is 7.48. The van der Waals surface area contributed by atoms with E-state index in [1.54, 1.807) is 49.2 Å². The molecule has 0 aromatic heterocycles. The number of methoxy groups -OCH3 is 1. The zero-order valence-corrected chi connectivity index (χ0v) is 17.0. The molecule has 0 bridgehead atoms. The van der Waals surface area contributed by atoms with Crippen molar-refractivity contribution in [1.82, 2.24) is 0 Å². The second kappa shape index (κ2) is 9.63. The van der Waals surface area contributed by atoms with Crippen molar-refractivity contribution in [2.24, 2.45) is 0 Å². The van der Waals surface area contributed by atoms with Crippen LogP contribution >= 0.6 is 11.8 Å². The number of carbonyl (C=O) groups excluding carboxylic acids is 1. The monoisotopic (exact) mass is 400 g/mol. The number of nitrogens with one attached hydrogen (secondary N) is 1. The molecule has 0 radical (unpaired) electrons. The zero-order valence-electron chi connectivity index (χ0n) is 16.2. The number of amides is 1. The molecule has 0 aliphatic carbocycles. The average molecular weight is 401 g/mol. The minimum Gasteiger partial charge on any atom is -0.497 e. The number of aryl methyl sites for hydroxylation is 1. The number of hydrogen-bond acceptors (Lipinski definition) is 4. The van der Waals surface area contributed by atoms with Gasteiger partial charge < -0.3 is 10.1 Å². The van der Waals surface area contributed by atoms with Gasteiger partial charge in [-0.2, -0.15) is 5.26 Å². The molecule has 0 saturated carbocycles. The minimum absolute atomic E-state index is 0.0414. The normalized spacial score (nSPS) is 10.9. The first-order chi connectivity index (χ1) is 14.1. The van der Waals surface area contributed by atoms with Crippen LogP contribution in [0.15, 0.2) is 88.2 Å². The summed E-state index contributed by atoms with van der Waals surface area (Å²) >= 11 is 1.67. The molecule has 1 amide bonds. The molecule has 0 saturated heterocycles. The Balaban J connectivity index is 1.68. The van der Waals surface area contributed by atoms with E-state index in [1.807, 2.05) is 30.3 Å². The third-order valence-electron chi connectivity index (χ3n) is 4.16. The van der Waals surface area contributed by atoms with Crippen LogP contribution in [0.3, 0.4) is 0 Å². The van der Waals surface area contributed by atoms with E-state index >= 15 is 0 Å². The first-order valence-electron chi connectivity index (χ1n) is 8.99. The Kier molecular flexibility index (Phi) is 6.72. The first kappa shape index (κ1) is 20.2. The summed E-state index contributed by atoms with van der Waals surface area (Å²) in [4.78, 5) is 14.7. The summed E-state index contributed by atoms with van der Waals surface area (Å²) in [7, 11) is 1.58. The smallest absolute Gasteiger partial charge is 0.266 e. The van der Waals surface area contributed by atoms with Crippen LogP contribution in [0.5, 0.6) is 5.75 Å². The molecule has 5 heteroatoms. The van der Waals surface area contributed by atoms with Crippen LogP contribution in [-0.2, 0) is 4.79 Å². The molecule has 1 N–H and O–H groups in total. The Morgan fingerprint density at radius 2 is 1.55 bits per heavy atom. The maximum Gasteiger partial charge on any atom is 0.266 e. The van der Waals surface area contributed by atoms with Crippen LogP contribution in [0.25, 0.3) is 6.08 Å². The van der Waals surface area contributed by atoms with Crippen LogP contribution in [0, 0.1) is 18.3 Å². The molecular formula is C24H20N2O2S. The van der Waals surface area contributed by atoms with Gasteiger partial charge in [-0.05, 0) is 67.1 Å². The lowest BCUT2D eigenvalue weighted by Gasteiger charge is -2.06. The van der Waals surface area contributed by atoms with Crippen molar-refractivity contribution in [2.45, 2.75) is 16.7 Å². The summed E-state index contributed by atoms with van der Waals surface area (Å²) in [6.45, 7) is 2.06. The van der Waals surface area contributed by atoms with Crippen molar-refractivity contribution in [3.63, 3.8) is 0 Å². The summed E-state index contributed by atoms with van der Waals surface area (Å²) in [5.74, 6) is 0.249. The molecule has 144 valence electrons. The highest BCUT2D eigenvalue weighted by molar-refractivity contribution is 7.99. The quantitative estimate of drug-likeness (QED) is 0.426. The predicted octanol–water partition coefficient (Wildman–Crippen LogP) is 5.70. The van der Waals surface area contributed by atoms with Gasteiger partial charge in [-0.3, -0.25) is 4.79 Å². The molecule has 0 fully saturated rings. The third kappa shape index (κ3) is 5.74. The molecular weight excluding hydrogens is 380 g/mol. The van der Waals surface area contributed by atoms with E-state index in [2.05, 4.69) is 36.5 Å². The fraction of sp³-hybridized carbons (Fsp3) is 0.0833. The Morgan fingerprint density at radius 1 is 0.966 bits per heavy atom. The topological polar surface area (TPSA) is 62.1 Å². The molecule has 0 atom stereocenters. The van der Waals surface area contributed by atoms with Crippen LogP contribution in [0.1, 0.15) is 11.1 Å². The molecule has 0 spiro atoms. The van der Waals surface area contributed by atoms with Crippen LogP contribution in [0.2, 0.25) is 0 Å². The lowest BCUT2D eigenvalue weighted by atomic mass is 10.1. The third-order valence-corrected chi connectivity index (χ3v) is 5.18. The van der Waals surface area contributed by atoms with Gasteiger partial charge in [0.1, 0.15) is 17.4 Å². The fourth-order valence-electron chi connectivity index (χ4n) is 2.56. The number of anilines is 1. The SMILES string of the molecule is COc1ccc(NC(=O)/C(C#N)=C\c2ccc(Sc3ccc(C)cc3)cc2)cc1. The maximum absolute atomic E-state index is 12.4. The molecule has 3 aromatic carbocycles. The number of hydrogen-bond donors (Lipinski definition) is 1. The van der Waals surface area contributed by atoms with Crippen molar-refractivity contribution in [3.8, 4) is 11.8 Å². The van der Waals surface area contributed by atoms with Gasteiger partial charge >= 0.3 is 0 Å². The summed E-state index contributed by atoms with van der Waals surface area (Å²) in [6.07, 6.45) is 1.58. The molecule has 0 aliphatic heterocycles. The lowest BCUT2D eigenvalue weighted by molar-refractivity contribution is -0.112. The van der Waals surface area contributed by atoms with Crippen molar-refractivity contribution < 1.29 is 9.53 Å². The summed E-state index contributed by atoms with van der Waals surface area (Å²) < 4.78 is 5.10. The van der Waals surface area contributed by atoms with E-state index in [0.29, 0.717) is 11.4 Å². The number of nitriles is 1. The summed E-state index contributed by atoms with van der Waals surface area (Å²) in [6, 6.07) is 25.0. The van der Waals surface area contributed by atoms with E-state index in [1.165, 1.54) is 5.56 Å². The number of rotatable bonds is 6. The van der Waals surface area contributed by atoms with Gasteiger partial charge in [0.15, 0.2) is 0 Å². The molecule has 3 aromatic rings. The highest BCUT2D eigenvalue weighted by Gasteiger charge is 2.10. The van der Waals surface area contributed by atoms with Gasteiger partial charge in [0, 0.05) is 15.5 Å². The number of nitrogens with zero attached hydrogens (tertiary/aromatic N) is 1. The highest BCUT2D eigenvalue weighted by atomic mass is 32.2. The lowest BCUT2D eigenvalue weighted by Crippen LogP contribution is -2.13. The van der Waals surface area contributed by atoms with E-state index in [-0.39, 0.29) is 5.57 Å². The van der Waals surface area contributed by atoms with Crippen molar-refractivity contribution in [2.75, 3.05) is 12.4 Å². The molecule has 3 rings (SSSR count). The Labute approximate surface area is 174 Å². The molecule has 0 heterocycles.